The van der Waals surface area contributed by atoms with Gasteiger partial charge in [0.15, 0.2) is 11.6 Å². The van der Waals surface area contributed by atoms with Crippen LogP contribution in [0.25, 0.3) is 0 Å². The highest BCUT2D eigenvalue weighted by atomic mass is 32.2. The minimum Gasteiger partial charge on any atom is -0.448 e. The van der Waals surface area contributed by atoms with Crippen LogP contribution in [0.1, 0.15) is 35.4 Å². The molecule has 8 nitrogen and oxygen atoms in total. The standard InChI is InChI=1S/C12H16N4O4S/c1-4-5-11-13-9(7-20-11)12(17)15-21(18,19)10-6-16(3)14-8(10)2/h6-7H,4-5H2,1-3H3,(H,15,17). The summed E-state index contributed by atoms with van der Waals surface area (Å²) in [6, 6.07) is 0. The molecule has 0 bridgehead atoms. The molecule has 114 valence electrons. The zero-order valence-corrected chi connectivity index (χ0v) is 12.8. The van der Waals surface area contributed by atoms with Crippen molar-refractivity contribution in [3.63, 3.8) is 0 Å². The molecule has 0 atom stereocenters. The molecule has 0 spiro atoms. The fraction of sp³-hybridized carbons (Fsp3) is 0.417. The molecule has 0 unspecified atom stereocenters. The lowest BCUT2D eigenvalue weighted by molar-refractivity contribution is 0.0976. The molecular formula is C12H16N4O4S. The second kappa shape index (κ2) is 5.68. The summed E-state index contributed by atoms with van der Waals surface area (Å²) in [5.41, 5.74) is 0.244. The molecule has 21 heavy (non-hydrogen) atoms. The first-order valence-electron chi connectivity index (χ1n) is 6.35. The van der Waals surface area contributed by atoms with Gasteiger partial charge in [-0.1, -0.05) is 6.92 Å². The van der Waals surface area contributed by atoms with E-state index in [0.717, 1.165) is 12.7 Å². The van der Waals surface area contributed by atoms with E-state index >= 15 is 0 Å². The van der Waals surface area contributed by atoms with Crippen molar-refractivity contribution < 1.29 is 17.6 Å². The van der Waals surface area contributed by atoms with Crippen LogP contribution < -0.4 is 4.72 Å². The molecule has 2 aromatic heterocycles. The SMILES string of the molecule is CCCc1nc(C(=O)NS(=O)(=O)c2cn(C)nc2C)co1. The molecule has 0 saturated heterocycles. The van der Waals surface area contributed by atoms with Crippen LogP contribution >= 0.6 is 0 Å². The number of carbonyl (C=O) groups is 1. The van der Waals surface area contributed by atoms with Crippen molar-refractivity contribution in [3.8, 4) is 0 Å². The monoisotopic (exact) mass is 312 g/mol. The maximum absolute atomic E-state index is 12.1. The van der Waals surface area contributed by atoms with Gasteiger partial charge in [-0.05, 0) is 13.3 Å². The second-order valence-electron chi connectivity index (χ2n) is 4.56. The Balaban J connectivity index is 2.19. The van der Waals surface area contributed by atoms with Gasteiger partial charge in [-0.15, -0.1) is 0 Å². The first-order valence-corrected chi connectivity index (χ1v) is 7.83. The van der Waals surface area contributed by atoms with E-state index in [2.05, 4.69) is 10.1 Å². The Hall–Kier alpha value is -2.16. The van der Waals surface area contributed by atoms with Gasteiger partial charge in [-0.2, -0.15) is 5.10 Å². The van der Waals surface area contributed by atoms with E-state index in [1.807, 2.05) is 11.6 Å². The summed E-state index contributed by atoms with van der Waals surface area (Å²) in [6.07, 6.45) is 3.87. The topological polar surface area (TPSA) is 107 Å². The number of sulfonamides is 1. The molecule has 2 rings (SSSR count). The number of aromatic nitrogens is 3. The Morgan fingerprint density at radius 2 is 2.19 bits per heavy atom. The van der Waals surface area contributed by atoms with Crippen LogP contribution in [0, 0.1) is 6.92 Å². The van der Waals surface area contributed by atoms with Gasteiger partial charge in [0.2, 0.25) is 0 Å². The first kappa shape index (κ1) is 15.2. The van der Waals surface area contributed by atoms with E-state index in [1.165, 1.54) is 10.9 Å². The first-order chi connectivity index (χ1) is 9.83. The summed E-state index contributed by atoms with van der Waals surface area (Å²) in [5.74, 6) is -0.429. The molecule has 2 heterocycles. The van der Waals surface area contributed by atoms with Crippen LogP contribution in [-0.4, -0.2) is 29.1 Å². The fourth-order valence-corrected chi connectivity index (χ4v) is 2.99. The number of oxazole rings is 1. The number of aryl methyl sites for hydroxylation is 3. The summed E-state index contributed by atoms with van der Waals surface area (Å²) in [4.78, 5) is 15.8. The lowest BCUT2D eigenvalue weighted by Gasteiger charge is -2.03. The third-order valence-electron chi connectivity index (χ3n) is 2.73. The number of nitrogens with one attached hydrogen (secondary N) is 1. The molecule has 0 saturated carbocycles. The van der Waals surface area contributed by atoms with Crippen molar-refractivity contribution in [1.82, 2.24) is 19.5 Å². The third-order valence-corrected chi connectivity index (χ3v) is 4.17. The zero-order valence-electron chi connectivity index (χ0n) is 12.0. The summed E-state index contributed by atoms with van der Waals surface area (Å²) in [5, 5.41) is 3.94. The highest BCUT2D eigenvalue weighted by Crippen LogP contribution is 2.13. The van der Waals surface area contributed by atoms with E-state index in [9.17, 15) is 13.2 Å². The molecule has 0 aromatic carbocycles. The molecule has 2 aromatic rings. The Labute approximate surface area is 122 Å². The van der Waals surface area contributed by atoms with E-state index in [-0.39, 0.29) is 10.6 Å². The number of hydrogen-bond donors (Lipinski definition) is 1. The highest BCUT2D eigenvalue weighted by Gasteiger charge is 2.24. The number of rotatable bonds is 5. The lowest BCUT2D eigenvalue weighted by Crippen LogP contribution is -2.31. The Morgan fingerprint density at radius 1 is 1.48 bits per heavy atom. The van der Waals surface area contributed by atoms with Crippen LogP contribution in [0.5, 0.6) is 0 Å². The molecule has 0 aliphatic carbocycles. The van der Waals surface area contributed by atoms with Gasteiger partial charge in [-0.25, -0.2) is 18.1 Å². The van der Waals surface area contributed by atoms with Crippen molar-refractivity contribution in [2.45, 2.75) is 31.6 Å². The predicted molar refractivity (Wildman–Crippen MR) is 73.1 cm³/mol. The molecule has 0 aliphatic heterocycles. The summed E-state index contributed by atoms with van der Waals surface area (Å²) >= 11 is 0. The average Bonchev–Trinajstić information content (AvgIpc) is 2.96. The van der Waals surface area contributed by atoms with Crippen molar-refractivity contribution in [3.05, 3.63) is 29.7 Å². The quantitative estimate of drug-likeness (QED) is 0.874. The number of carbonyl (C=O) groups excluding carboxylic acids is 1. The minimum atomic E-state index is -3.99. The van der Waals surface area contributed by atoms with Crippen molar-refractivity contribution in [1.29, 1.82) is 0 Å². The predicted octanol–water partition coefficient (Wildman–Crippen LogP) is 0.788. The van der Waals surface area contributed by atoms with Crippen molar-refractivity contribution >= 4 is 15.9 Å². The fourth-order valence-electron chi connectivity index (χ4n) is 1.81. The molecule has 1 N–H and O–H groups in total. The van der Waals surface area contributed by atoms with Crippen LogP contribution in [0.15, 0.2) is 21.8 Å². The molecule has 9 heteroatoms. The van der Waals surface area contributed by atoms with Gasteiger partial charge >= 0.3 is 0 Å². The van der Waals surface area contributed by atoms with Crippen LogP contribution in [0.4, 0.5) is 0 Å². The van der Waals surface area contributed by atoms with Gasteiger partial charge < -0.3 is 4.42 Å². The van der Waals surface area contributed by atoms with Crippen LogP contribution in [0.2, 0.25) is 0 Å². The summed E-state index contributed by atoms with van der Waals surface area (Å²) in [7, 11) is -2.39. The normalized spacial score (nSPS) is 11.6. The van der Waals surface area contributed by atoms with Crippen LogP contribution in [-0.2, 0) is 23.5 Å². The number of hydrogen-bond acceptors (Lipinski definition) is 6. The maximum Gasteiger partial charge on any atom is 0.286 e. The molecule has 0 fully saturated rings. The smallest absolute Gasteiger partial charge is 0.286 e. The van der Waals surface area contributed by atoms with Crippen molar-refractivity contribution in [2.75, 3.05) is 0 Å². The minimum absolute atomic E-state index is 0.0457. The average molecular weight is 312 g/mol. The lowest BCUT2D eigenvalue weighted by atomic mass is 10.3. The number of amides is 1. The van der Waals surface area contributed by atoms with E-state index in [1.54, 1.807) is 14.0 Å². The molecule has 0 aliphatic rings. The van der Waals surface area contributed by atoms with Gasteiger partial charge in [-0.3, -0.25) is 9.48 Å². The van der Waals surface area contributed by atoms with Gasteiger partial charge in [0, 0.05) is 19.7 Å². The zero-order chi connectivity index (χ0) is 15.6. The van der Waals surface area contributed by atoms with E-state index in [0.29, 0.717) is 18.0 Å². The van der Waals surface area contributed by atoms with Crippen LogP contribution in [0.3, 0.4) is 0 Å². The van der Waals surface area contributed by atoms with E-state index in [4.69, 9.17) is 4.42 Å². The van der Waals surface area contributed by atoms with Crippen molar-refractivity contribution in [2.24, 2.45) is 7.05 Å². The Morgan fingerprint density at radius 3 is 2.76 bits per heavy atom. The summed E-state index contributed by atoms with van der Waals surface area (Å²) in [6.45, 7) is 3.49. The Kier molecular flexibility index (Phi) is 4.12. The van der Waals surface area contributed by atoms with Gasteiger partial charge in [0.05, 0.1) is 5.69 Å². The highest BCUT2D eigenvalue weighted by molar-refractivity contribution is 7.90. The molecule has 0 radical (unpaired) electrons. The Bertz CT molecular complexity index is 760. The largest absolute Gasteiger partial charge is 0.448 e. The molecule has 1 amide bonds. The van der Waals surface area contributed by atoms with E-state index < -0.39 is 15.9 Å². The summed E-state index contributed by atoms with van der Waals surface area (Å²) < 4.78 is 32.7. The third kappa shape index (κ3) is 3.30. The van der Waals surface area contributed by atoms with Gasteiger partial charge in [0.25, 0.3) is 15.9 Å². The second-order valence-corrected chi connectivity index (χ2v) is 6.21. The molecular weight excluding hydrogens is 296 g/mol. The van der Waals surface area contributed by atoms with Gasteiger partial charge in [0.1, 0.15) is 11.2 Å². The maximum atomic E-state index is 12.1. The number of nitrogens with zero attached hydrogens (tertiary/aromatic N) is 3.